The van der Waals surface area contributed by atoms with Crippen LogP contribution in [-0.4, -0.2) is 26.7 Å². The molecule has 0 aromatic carbocycles. The molecule has 0 aliphatic rings. The van der Waals surface area contributed by atoms with Gasteiger partial charge in [0.2, 0.25) is 0 Å². The van der Waals surface area contributed by atoms with E-state index in [1.807, 2.05) is 0 Å². The molecule has 0 saturated heterocycles. The van der Waals surface area contributed by atoms with Gasteiger partial charge in [-0.25, -0.2) is 4.79 Å². The molecule has 1 N–H and O–H groups in total. The molecule has 7 heteroatoms. The van der Waals surface area contributed by atoms with Crippen molar-refractivity contribution in [3.63, 3.8) is 0 Å². The number of esters is 1. The molecule has 0 amide bonds. The lowest BCUT2D eigenvalue weighted by Crippen LogP contribution is -2.24. The van der Waals surface area contributed by atoms with E-state index in [9.17, 15) is 14.9 Å². The lowest BCUT2D eigenvalue weighted by atomic mass is 10.2. The molecular weight excluding hydrogens is 202 g/mol. The Labute approximate surface area is 85.6 Å². The second-order valence-corrected chi connectivity index (χ2v) is 3.90. The normalized spacial score (nSPS) is 11.1. The van der Waals surface area contributed by atoms with Gasteiger partial charge in [-0.1, -0.05) is 5.10 Å². The minimum atomic E-state index is -0.688. The van der Waals surface area contributed by atoms with Crippen LogP contribution in [-0.2, 0) is 4.74 Å². The third-order valence-electron chi connectivity index (χ3n) is 1.37. The zero-order valence-corrected chi connectivity index (χ0v) is 8.60. The Balaban J connectivity index is 2.79. The van der Waals surface area contributed by atoms with Crippen molar-refractivity contribution >= 4 is 11.8 Å². The first kappa shape index (κ1) is 11.2. The predicted octanol–water partition coefficient (Wildman–Crippen LogP) is 1.27. The van der Waals surface area contributed by atoms with Crippen LogP contribution >= 0.6 is 0 Å². The number of ether oxygens (including phenoxy) is 1. The summed E-state index contributed by atoms with van der Waals surface area (Å²) in [5.74, 6) is -1.03. The van der Waals surface area contributed by atoms with Gasteiger partial charge in [-0.15, -0.1) is 5.10 Å². The van der Waals surface area contributed by atoms with Gasteiger partial charge in [0.15, 0.2) is 5.69 Å². The van der Waals surface area contributed by atoms with Gasteiger partial charge in [0, 0.05) is 0 Å². The van der Waals surface area contributed by atoms with E-state index in [1.165, 1.54) is 0 Å². The molecule has 1 heterocycles. The topological polar surface area (TPSA) is 98.1 Å². The molecular formula is C8H11N3O4. The summed E-state index contributed by atoms with van der Waals surface area (Å²) in [5.41, 5.74) is -0.748. The summed E-state index contributed by atoms with van der Waals surface area (Å²) < 4.78 is 4.97. The summed E-state index contributed by atoms with van der Waals surface area (Å²) in [6.07, 6.45) is 0. The standard InChI is InChI=1S/C8H11N3O4/c1-8(2,3)15-7(12)5-4-6(10-9-5)11(13)14/h4H,1-3H3,(H,9,10). The second kappa shape index (κ2) is 3.68. The Morgan fingerprint density at radius 1 is 1.60 bits per heavy atom. The Morgan fingerprint density at radius 2 is 2.20 bits per heavy atom. The number of nitrogens with zero attached hydrogens (tertiary/aromatic N) is 2. The lowest BCUT2D eigenvalue weighted by molar-refractivity contribution is -0.389. The summed E-state index contributed by atoms with van der Waals surface area (Å²) in [6, 6.07) is 1.04. The summed E-state index contributed by atoms with van der Waals surface area (Å²) in [7, 11) is 0. The number of aromatic nitrogens is 2. The number of carbonyl (C=O) groups is 1. The third kappa shape index (κ3) is 3.04. The minimum absolute atomic E-state index is 0.100. The van der Waals surface area contributed by atoms with E-state index < -0.39 is 16.5 Å². The highest BCUT2D eigenvalue weighted by Crippen LogP contribution is 2.13. The van der Waals surface area contributed by atoms with Crippen molar-refractivity contribution in [2.75, 3.05) is 0 Å². The van der Waals surface area contributed by atoms with Gasteiger partial charge in [-0.2, -0.15) is 0 Å². The van der Waals surface area contributed by atoms with Crippen LogP contribution in [0.3, 0.4) is 0 Å². The van der Waals surface area contributed by atoms with Crippen molar-refractivity contribution in [1.29, 1.82) is 0 Å². The number of carbonyl (C=O) groups excluding carboxylic acids is 1. The molecule has 7 nitrogen and oxygen atoms in total. The molecule has 0 atom stereocenters. The molecule has 0 aliphatic carbocycles. The van der Waals surface area contributed by atoms with Gasteiger partial charge in [0.05, 0.1) is 6.07 Å². The number of H-pyrrole nitrogens is 1. The first-order valence-electron chi connectivity index (χ1n) is 4.23. The smallest absolute Gasteiger partial charge is 0.361 e. The molecule has 0 radical (unpaired) electrons. The zero-order chi connectivity index (χ0) is 11.6. The van der Waals surface area contributed by atoms with E-state index in [4.69, 9.17) is 4.74 Å². The highest BCUT2D eigenvalue weighted by atomic mass is 16.6. The predicted molar refractivity (Wildman–Crippen MR) is 50.4 cm³/mol. The lowest BCUT2D eigenvalue weighted by Gasteiger charge is -2.18. The van der Waals surface area contributed by atoms with E-state index in [-0.39, 0.29) is 11.5 Å². The van der Waals surface area contributed by atoms with E-state index in [1.54, 1.807) is 20.8 Å². The van der Waals surface area contributed by atoms with Gasteiger partial charge in [0.25, 0.3) is 0 Å². The molecule has 0 spiro atoms. The van der Waals surface area contributed by atoms with E-state index in [0.29, 0.717) is 0 Å². The van der Waals surface area contributed by atoms with Crippen LogP contribution in [0.25, 0.3) is 0 Å². The van der Waals surface area contributed by atoms with Crippen molar-refractivity contribution in [3.05, 3.63) is 21.9 Å². The van der Waals surface area contributed by atoms with Crippen molar-refractivity contribution in [2.45, 2.75) is 26.4 Å². The number of nitro groups is 1. The maximum Gasteiger partial charge on any atom is 0.361 e. The molecule has 1 rings (SSSR count). The molecule has 15 heavy (non-hydrogen) atoms. The van der Waals surface area contributed by atoms with Crippen LogP contribution < -0.4 is 0 Å². The fourth-order valence-electron chi connectivity index (χ4n) is 0.840. The van der Waals surface area contributed by atoms with E-state index >= 15 is 0 Å². The van der Waals surface area contributed by atoms with Gasteiger partial charge in [-0.05, 0) is 25.7 Å². The SMILES string of the molecule is CC(C)(C)OC(=O)c1cc([N+](=O)[O-])[nH]n1. The Morgan fingerprint density at radius 3 is 2.60 bits per heavy atom. The average Bonchev–Trinajstić information content (AvgIpc) is 2.47. The second-order valence-electron chi connectivity index (χ2n) is 3.90. The quantitative estimate of drug-likeness (QED) is 0.453. The maximum atomic E-state index is 11.4. The first-order chi connectivity index (χ1) is 6.79. The number of hydrogen-bond acceptors (Lipinski definition) is 5. The molecule has 0 aliphatic heterocycles. The monoisotopic (exact) mass is 213 g/mol. The number of rotatable bonds is 2. The zero-order valence-electron chi connectivity index (χ0n) is 8.60. The average molecular weight is 213 g/mol. The van der Waals surface area contributed by atoms with Crippen LogP contribution in [0.5, 0.6) is 0 Å². The molecule has 0 fully saturated rings. The summed E-state index contributed by atoms with van der Waals surface area (Å²) in [5, 5.41) is 15.9. The van der Waals surface area contributed by atoms with E-state index in [0.717, 1.165) is 6.07 Å². The van der Waals surface area contributed by atoms with Crippen LogP contribution in [0, 0.1) is 10.1 Å². The fraction of sp³-hybridized carbons (Fsp3) is 0.500. The molecule has 82 valence electrons. The summed E-state index contributed by atoms with van der Waals surface area (Å²) >= 11 is 0. The number of hydrogen-bond donors (Lipinski definition) is 1. The van der Waals surface area contributed by atoms with Gasteiger partial charge in [0.1, 0.15) is 5.60 Å². The Bertz CT molecular complexity index is 391. The minimum Gasteiger partial charge on any atom is -0.455 e. The first-order valence-corrected chi connectivity index (χ1v) is 4.23. The van der Waals surface area contributed by atoms with Gasteiger partial charge in [-0.3, -0.25) is 0 Å². The number of nitrogens with one attached hydrogen (secondary N) is 1. The fourth-order valence-corrected chi connectivity index (χ4v) is 0.840. The molecule has 0 unspecified atom stereocenters. The van der Waals surface area contributed by atoms with Crippen LogP contribution in [0.2, 0.25) is 0 Å². The summed E-state index contributed by atoms with van der Waals surface area (Å²) in [4.78, 5) is 21.0. The molecule has 0 saturated carbocycles. The van der Waals surface area contributed by atoms with Crippen molar-refractivity contribution in [1.82, 2.24) is 10.2 Å². The highest BCUT2D eigenvalue weighted by Gasteiger charge is 2.22. The highest BCUT2D eigenvalue weighted by molar-refractivity contribution is 5.88. The van der Waals surface area contributed by atoms with E-state index in [2.05, 4.69) is 10.2 Å². The van der Waals surface area contributed by atoms with Crippen molar-refractivity contribution < 1.29 is 14.5 Å². The molecule has 1 aromatic rings. The third-order valence-corrected chi connectivity index (χ3v) is 1.37. The van der Waals surface area contributed by atoms with Crippen molar-refractivity contribution in [2.24, 2.45) is 0 Å². The molecule has 0 bridgehead atoms. The van der Waals surface area contributed by atoms with Crippen molar-refractivity contribution in [3.8, 4) is 0 Å². The Hall–Kier alpha value is -1.92. The van der Waals surface area contributed by atoms with Crippen LogP contribution in [0.1, 0.15) is 31.3 Å². The molecule has 1 aromatic heterocycles. The Kier molecular flexibility index (Phi) is 2.74. The van der Waals surface area contributed by atoms with Gasteiger partial charge >= 0.3 is 11.8 Å². The van der Waals surface area contributed by atoms with Crippen LogP contribution in [0.4, 0.5) is 5.82 Å². The maximum absolute atomic E-state index is 11.4. The van der Waals surface area contributed by atoms with Gasteiger partial charge < -0.3 is 14.9 Å². The largest absolute Gasteiger partial charge is 0.455 e. The summed E-state index contributed by atoms with van der Waals surface area (Å²) in [6.45, 7) is 5.10. The van der Waals surface area contributed by atoms with Crippen LogP contribution in [0.15, 0.2) is 6.07 Å². The number of aromatic amines is 1.